The molecular weight excluding hydrogens is 290 g/mol. The number of rotatable bonds is 7. The van der Waals surface area contributed by atoms with Gasteiger partial charge < -0.3 is 14.8 Å². The van der Waals surface area contributed by atoms with E-state index in [-0.39, 0.29) is 18.6 Å². The number of nitrogens with one attached hydrogen (secondary N) is 1. The van der Waals surface area contributed by atoms with Gasteiger partial charge in [-0.3, -0.25) is 4.79 Å². The summed E-state index contributed by atoms with van der Waals surface area (Å²) in [6, 6.07) is 15.3. The fourth-order valence-corrected chi connectivity index (χ4v) is 2.15. The molecule has 0 saturated carbocycles. The number of aryl methyl sites for hydroxylation is 2. The third kappa shape index (κ3) is 5.66. The van der Waals surface area contributed by atoms with Gasteiger partial charge in [0.05, 0.1) is 6.04 Å². The van der Waals surface area contributed by atoms with Crippen molar-refractivity contribution in [3.63, 3.8) is 0 Å². The van der Waals surface area contributed by atoms with Gasteiger partial charge in [0.15, 0.2) is 6.61 Å². The van der Waals surface area contributed by atoms with Crippen molar-refractivity contribution < 1.29 is 14.3 Å². The van der Waals surface area contributed by atoms with E-state index in [4.69, 9.17) is 9.47 Å². The molecule has 1 amide bonds. The molecule has 0 spiro atoms. The first kappa shape index (κ1) is 16.9. The number of carbonyl (C=O) groups excluding carboxylic acids is 1. The molecule has 2 aromatic rings. The summed E-state index contributed by atoms with van der Waals surface area (Å²) < 4.78 is 11.2. The van der Waals surface area contributed by atoms with E-state index in [1.54, 1.807) is 0 Å². The topological polar surface area (TPSA) is 47.6 Å². The average Bonchev–Trinajstić information content (AvgIpc) is 2.52. The van der Waals surface area contributed by atoms with Crippen molar-refractivity contribution in [2.75, 3.05) is 13.2 Å². The van der Waals surface area contributed by atoms with Gasteiger partial charge in [0, 0.05) is 0 Å². The van der Waals surface area contributed by atoms with Gasteiger partial charge in [-0.25, -0.2) is 0 Å². The van der Waals surface area contributed by atoms with Crippen molar-refractivity contribution in [1.29, 1.82) is 0 Å². The third-order valence-corrected chi connectivity index (χ3v) is 3.35. The Hall–Kier alpha value is -2.49. The minimum Gasteiger partial charge on any atom is -0.491 e. The van der Waals surface area contributed by atoms with Crippen LogP contribution in [0.5, 0.6) is 11.5 Å². The molecule has 1 N–H and O–H groups in total. The summed E-state index contributed by atoms with van der Waals surface area (Å²) in [5.41, 5.74) is 2.18. The number of benzene rings is 2. The second-order valence-electron chi connectivity index (χ2n) is 5.65. The molecule has 4 heteroatoms. The monoisotopic (exact) mass is 313 g/mol. The third-order valence-electron chi connectivity index (χ3n) is 3.35. The maximum Gasteiger partial charge on any atom is 0.258 e. The SMILES string of the molecule is Cc1cccc(OCC(=O)N[C@H](C)COc2ccccc2C)c1. The lowest BCUT2D eigenvalue weighted by atomic mass is 10.2. The van der Waals surface area contributed by atoms with Gasteiger partial charge in [-0.15, -0.1) is 0 Å². The molecule has 1 atom stereocenters. The van der Waals surface area contributed by atoms with Gasteiger partial charge >= 0.3 is 0 Å². The second-order valence-corrected chi connectivity index (χ2v) is 5.65. The predicted molar refractivity (Wildman–Crippen MR) is 91.0 cm³/mol. The largest absolute Gasteiger partial charge is 0.491 e. The molecule has 0 fully saturated rings. The highest BCUT2D eigenvalue weighted by Gasteiger charge is 2.09. The van der Waals surface area contributed by atoms with Crippen molar-refractivity contribution in [2.45, 2.75) is 26.8 Å². The summed E-state index contributed by atoms with van der Waals surface area (Å²) >= 11 is 0. The Kier molecular flexibility index (Phi) is 6.03. The minimum absolute atomic E-state index is 0.00183. The van der Waals surface area contributed by atoms with Crippen molar-refractivity contribution in [2.24, 2.45) is 0 Å². The van der Waals surface area contributed by atoms with E-state index in [1.807, 2.05) is 69.3 Å². The number of ether oxygens (including phenoxy) is 2. The maximum atomic E-state index is 11.9. The summed E-state index contributed by atoms with van der Waals surface area (Å²) in [5.74, 6) is 1.38. The summed E-state index contributed by atoms with van der Waals surface area (Å²) in [6.07, 6.45) is 0. The van der Waals surface area contributed by atoms with Crippen LogP contribution in [0, 0.1) is 13.8 Å². The van der Waals surface area contributed by atoms with Crippen molar-refractivity contribution in [3.8, 4) is 11.5 Å². The van der Waals surface area contributed by atoms with Crippen LogP contribution >= 0.6 is 0 Å². The standard InChI is InChI=1S/C19H23NO3/c1-14-7-6-9-17(11-14)22-13-19(21)20-16(3)12-23-18-10-5-4-8-15(18)2/h4-11,16H,12-13H2,1-3H3,(H,20,21)/t16-/m1/s1. The average molecular weight is 313 g/mol. The Balaban J connectivity index is 1.73. The molecule has 0 aliphatic rings. The molecule has 0 bridgehead atoms. The number of carbonyl (C=O) groups is 1. The van der Waals surface area contributed by atoms with E-state index in [1.165, 1.54) is 0 Å². The molecule has 23 heavy (non-hydrogen) atoms. The van der Waals surface area contributed by atoms with E-state index in [2.05, 4.69) is 5.32 Å². The zero-order valence-corrected chi connectivity index (χ0v) is 13.8. The summed E-state index contributed by atoms with van der Waals surface area (Å²) in [5, 5.41) is 2.87. The maximum absolute atomic E-state index is 11.9. The van der Waals surface area contributed by atoms with E-state index in [0.717, 1.165) is 16.9 Å². The first-order chi connectivity index (χ1) is 11.0. The number of hydrogen-bond donors (Lipinski definition) is 1. The Morgan fingerprint density at radius 1 is 1.09 bits per heavy atom. The summed E-state index contributed by atoms with van der Waals surface area (Å²) in [6.45, 7) is 6.30. The highest BCUT2D eigenvalue weighted by atomic mass is 16.5. The molecule has 122 valence electrons. The van der Waals surface area contributed by atoms with Crippen LogP contribution in [0.1, 0.15) is 18.1 Å². The molecule has 0 heterocycles. The zero-order chi connectivity index (χ0) is 16.7. The quantitative estimate of drug-likeness (QED) is 0.853. The second kappa shape index (κ2) is 8.22. The van der Waals surface area contributed by atoms with Gasteiger partial charge in [0.2, 0.25) is 0 Å². The van der Waals surface area contributed by atoms with Crippen LogP contribution < -0.4 is 14.8 Å². The van der Waals surface area contributed by atoms with Crippen molar-refractivity contribution >= 4 is 5.91 Å². The van der Waals surface area contributed by atoms with Crippen LogP contribution in [0.2, 0.25) is 0 Å². The summed E-state index contributed by atoms with van der Waals surface area (Å²) in [4.78, 5) is 11.9. The molecule has 0 saturated heterocycles. The van der Waals surface area contributed by atoms with E-state index >= 15 is 0 Å². The lowest BCUT2D eigenvalue weighted by Gasteiger charge is -2.16. The lowest BCUT2D eigenvalue weighted by Crippen LogP contribution is -2.39. The normalized spacial score (nSPS) is 11.6. The molecule has 0 unspecified atom stereocenters. The van der Waals surface area contributed by atoms with Crippen LogP contribution in [-0.2, 0) is 4.79 Å². The summed E-state index contributed by atoms with van der Waals surface area (Å²) in [7, 11) is 0. The first-order valence-corrected chi connectivity index (χ1v) is 7.72. The molecular formula is C19H23NO3. The Labute approximate surface area is 137 Å². The highest BCUT2D eigenvalue weighted by Crippen LogP contribution is 2.16. The van der Waals surface area contributed by atoms with Gasteiger partial charge in [-0.05, 0) is 50.1 Å². The highest BCUT2D eigenvalue weighted by molar-refractivity contribution is 5.77. The van der Waals surface area contributed by atoms with Crippen molar-refractivity contribution in [3.05, 3.63) is 59.7 Å². The Morgan fingerprint density at radius 3 is 2.61 bits per heavy atom. The molecule has 0 aromatic heterocycles. The van der Waals surface area contributed by atoms with Crippen molar-refractivity contribution in [1.82, 2.24) is 5.32 Å². The van der Waals surface area contributed by atoms with Gasteiger partial charge in [0.1, 0.15) is 18.1 Å². The first-order valence-electron chi connectivity index (χ1n) is 7.72. The molecule has 4 nitrogen and oxygen atoms in total. The fraction of sp³-hybridized carbons (Fsp3) is 0.316. The van der Waals surface area contributed by atoms with Gasteiger partial charge in [0.25, 0.3) is 5.91 Å². The molecule has 0 radical (unpaired) electrons. The molecule has 2 aromatic carbocycles. The number of amides is 1. The number of para-hydroxylation sites is 1. The van der Waals surface area contributed by atoms with E-state index in [0.29, 0.717) is 12.4 Å². The van der Waals surface area contributed by atoms with Gasteiger partial charge in [-0.2, -0.15) is 0 Å². The molecule has 0 aliphatic carbocycles. The van der Waals surface area contributed by atoms with Crippen LogP contribution in [0.4, 0.5) is 0 Å². The smallest absolute Gasteiger partial charge is 0.258 e. The van der Waals surface area contributed by atoms with Crippen LogP contribution in [-0.4, -0.2) is 25.2 Å². The number of hydrogen-bond acceptors (Lipinski definition) is 3. The van der Waals surface area contributed by atoms with E-state index in [9.17, 15) is 4.79 Å². The zero-order valence-electron chi connectivity index (χ0n) is 13.8. The molecule has 0 aliphatic heterocycles. The van der Waals surface area contributed by atoms with Crippen LogP contribution in [0.3, 0.4) is 0 Å². The molecule has 2 rings (SSSR count). The lowest BCUT2D eigenvalue weighted by molar-refractivity contribution is -0.123. The Bertz CT molecular complexity index is 655. The Morgan fingerprint density at radius 2 is 1.87 bits per heavy atom. The fourth-order valence-electron chi connectivity index (χ4n) is 2.15. The van der Waals surface area contributed by atoms with Crippen LogP contribution in [0.15, 0.2) is 48.5 Å². The predicted octanol–water partition coefficient (Wildman–Crippen LogP) is 3.27. The minimum atomic E-state index is -0.160. The van der Waals surface area contributed by atoms with Gasteiger partial charge in [-0.1, -0.05) is 30.3 Å². The van der Waals surface area contributed by atoms with E-state index < -0.39 is 0 Å². The van der Waals surface area contributed by atoms with Crippen LogP contribution in [0.25, 0.3) is 0 Å².